The second kappa shape index (κ2) is 11.0. The first kappa shape index (κ1) is 23.5. The minimum atomic E-state index is -0.470. The number of anilines is 2. The van der Waals surface area contributed by atoms with Gasteiger partial charge < -0.3 is 24.6 Å². The highest BCUT2D eigenvalue weighted by atomic mass is 35.5. The number of hydrogen-bond donors (Lipinski definition) is 1. The van der Waals surface area contributed by atoms with Gasteiger partial charge in [0.05, 0.1) is 24.3 Å². The SMILES string of the molecule is COc1cc2ncnc(Nc3ccc(F)c(Cl)c3)c2cc1OCCCN1CCCN(C)CC1. The molecule has 1 aliphatic heterocycles. The molecule has 0 amide bonds. The number of likely N-dealkylation sites (N-methyl/N-ethyl adjacent to an activating group) is 1. The Morgan fingerprint density at radius 1 is 1.09 bits per heavy atom. The van der Waals surface area contributed by atoms with Crippen molar-refractivity contribution < 1.29 is 13.9 Å². The Kier molecular flexibility index (Phi) is 7.80. The third kappa shape index (κ3) is 6.01. The van der Waals surface area contributed by atoms with Gasteiger partial charge in [-0.25, -0.2) is 14.4 Å². The van der Waals surface area contributed by atoms with E-state index in [0.717, 1.165) is 44.5 Å². The van der Waals surface area contributed by atoms with Crippen molar-refractivity contribution in [2.75, 3.05) is 58.8 Å². The van der Waals surface area contributed by atoms with Crippen LogP contribution in [0.3, 0.4) is 0 Å². The van der Waals surface area contributed by atoms with Crippen LogP contribution in [0.4, 0.5) is 15.9 Å². The summed E-state index contributed by atoms with van der Waals surface area (Å²) in [5.41, 5.74) is 1.33. The average molecular weight is 474 g/mol. The predicted octanol–water partition coefficient (Wildman–Crippen LogP) is 4.58. The summed E-state index contributed by atoms with van der Waals surface area (Å²) in [5.74, 6) is 1.36. The first-order valence-electron chi connectivity index (χ1n) is 11.1. The van der Waals surface area contributed by atoms with Gasteiger partial charge in [-0.3, -0.25) is 0 Å². The zero-order valence-electron chi connectivity index (χ0n) is 19.0. The van der Waals surface area contributed by atoms with E-state index in [9.17, 15) is 4.39 Å². The normalized spacial score (nSPS) is 15.4. The third-order valence-corrected chi connectivity index (χ3v) is 6.08. The van der Waals surface area contributed by atoms with Gasteiger partial charge in [0.15, 0.2) is 11.5 Å². The van der Waals surface area contributed by atoms with Crippen molar-refractivity contribution in [3.05, 3.63) is 47.5 Å². The topological polar surface area (TPSA) is 62.8 Å². The highest BCUT2D eigenvalue weighted by molar-refractivity contribution is 6.31. The van der Waals surface area contributed by atoms with E-state index in [1.807, 2.05) is 12.1 Å². The Morgan fingerprint density at radius 3 is 2.79 bits per heavy atom. The minimum Gasteiger partial charge on any atom is -0.493 e. The van der Waals surface area contributed by atoms with Crippen LogP contribution < -0.4 is 14.8 Å². The summed E-state index contributed by atoms with van der Waals surface area (Å²) in [6.07, 6.45) is 3.59. The zero-order chi connectivity index (χ0) is 23.2. The molecule has 0 bridgehead atoms. The number of halogens is 2. The van der Waals surface area contributed by atoms with Gasteiger partial charge in [0.25, 0.3) is 0 Å². The fourth-order valence-corrected chi connectivity index (χ4v) is 4.12. The van der Waals surface area contributed by atoms with Crippen LogP contribution in [0, 0.1) is 5.82 Å². The van der Waals surface area contributed by atoms with Crippen molar-refractivity contribution in [3.63, 3.8) is 0 Å². The summed E-state index contributed by atoms with van der Waals surface area (Å²) >= 11 is 5.92. The van der Waals surface area contributed by atoms with E-state index >= 15 is 0 Å². The van der Waals surface area contributed by atoms with E-state index in [1.54, 1.807) is 13.2 Å². The van der Waals surface area contributed by atoms with E-state index in [1.165, 1.54) is 24.9 Å². The highest BCUT2D eigenvalue weighted by Crippen LogP contribution is 2.35. The van der Waals surface area contributed by atoms with E-state index in [4.69, 9.17) is 21.1 Å². The number of rotatable bonds is 8. The van der Waals surface area contributed by atoms with Crippen molar-refractivity contribution in [3.8, 4) is 11.5 Å². The van der Waals surface area contributed by atoms with Crippen LogP contribution >= 0.6 is 11.6 Å². The Labute approximate surface area is 198 Å². The van der Waals surface area contributed by atoms with Crippen molar-refractivity contribution in [2.45, 2.75) is 12.8 Å². The molecule has 3 aromatic rings. The van der Waals surface area contributed by atoms with E-state index in [-0.39, 0.29) is 5.02 Å². The molecule has 4 rings (SSSR count). The van der Waals surface area contributed by atoms with Crippen LogP contribution in [0.1, 0.15) is 12.8 Å². The summed E-state index contributed by atoms with van der Waals surface area (Å²) in [4.78, 5) is 13.6. The molecule has 0 unspecified atom stereocenters. The van der Waals surface area contributed by atoms with Crippen LogP contribution in [0.15, 0.2) is 36.7 Å². The molecule has 0 spiro atoms. The van der Waals surface area contributed by atoms with E-state index < -0.39 is 5.82 Å². The maximum Gasteiger partial charge on any atom is 0.162 e. The van der Waals surface area contributed by atoms with Gasteiger partial charge in [0.2, 0.25) is 0 Å². The molecule has 1 fully saturated rings. The van der Waals surface area contributed by atoms with Gasteiger partial charge in [-0.05, 0) is 57.2 Å². The summed E-state index contributed by atoms with van der Waals surface area (Å²) in [5, 5.41) is 4.00. The van der Waals surface area contributed by atoms with Crippen molar-refractivity contribution in [2.24, 2.45) is 0 Å². The third-order valence-electron chi connectivity index (χ3n) is 5.79. The number of nitrogens with zero attached hydrogens (tertiary/aromatic N) is 4. The number of methoxy groups -OCH3 is 1. The highest BCUT2D eigenvalue weighted by Gasteiger charge is 2.14. The molecule has 1 N–H and O–H groups in total. The molecule has 9 heteroatoms. The number of nitrogens with one attached hydrogen (secondary N) is 1. The molecule has 1 aliphatic rings. The standard InChI is InChI=1S/C24H29ClFN5O2/c1-30-7-3-8-31(11-10-30)9-4-12-33-23-14-18-21(15-22(23)32-2)27-16-28-24(18)29-17-5-6-20(26)19(25)13-17/h5-6,13-16H,3-4,7-12H2,1-2H3,(H,27,28,29). The first-order valence-corrected chi connectivity index (χ1v) is 11.5. The van der Waals surface area contributed by atoms with Crippen molar-refractivity contribution >= 4 is 34.0 Å². The molecule has 0 saturated carbocycles. The molecular formula is C24H29ClFN5O2. The van der Waals surface area contributed by atoms with Gasteiger partial charge in [0, 0.05) is 36.8 Å². The average Bonchev–Trinajstić information content (AvgIpc) is 3.03. The Bertz CT molecular complexity index is 1100. The molecule has 0 radical (unpaired) electrons. The van der Waals surface area contributed by atoms with Crippen LogP contribution in [-0.4, -0.2) is 73.3 Å². The summed E-state index contributed by atoms with van der Waals surface area (Å²) in [6.45, 7) is 6.07. The summed E-state index contributed by atoms with van der Waals surface area (Å²) < 4.78 is 25.1. The van der Waals surface area contributed by atoms with E-state index in [0.29, 0.717) is 35.1 Å². The largest absolute Gasteiger partial charge is 0.493 e. The lowest BCUT2D eigenvalue weighted by Crippen LogP contribution is -2.30. The minimum absolute atomic E-state index is 0.0418. The molecule has 33 heavy (non-hydrogen) atoms. The van der Waals surface area contributed by atoms with Crippen LogP contribution in [-0.2, 0) is 0 Å². The lowest BCUT2D eigenvalue weighted by molar-refractivity contribution is 0.233. The zero-order valence-corrected chi connectivity index (χ0v) is 19.7. The van der Waals surface area contributed by atoms with Crippen LogP contribution in [0.25, 0.3) is 10.9 Å². The molecule has 1 aromatic heterocycles. The first-order chi connectivity index (χ1) is 16.0. The molecule has 176 valence electrons. The smallest absolute Gasteiger partial charge is 0.162 e. The number of benzene rings is 2. The number of hydrogen-bond acceptors (Lipinski definition) is 7. The monoisotopic (exact) mass is 473 g/mol. The van der Waals surface area contributed by atoms with Crippen molar-refractivity contribution in [1.82, 2.24) is 19.8 Å². The van der Waals surface area contributed by atoms with Gasteiger partial charge in [-0.1, -0.05) is 11.6 Å². The fourth-order valence-electron chi connectivity index (χ4n) is 3.94. The maximum absolute atomic E-state index is 13.5. The van der Waals surface area contributed by atoms with Gasteiger partial charge in [-0.2, -0.15) is 0 Å². The summed E-state index contributed by atoms with van der Waals surface area (Å²) in [6, 6.07) is 8.15. The maximum atomic E-state index is 13.5. The van der Waals surface area contributed by atoms with Gasteiger partial charge >= 0.3 is 0 Å². The molecule has 2 heterocycles. The fraction of sp³-hybridized carbons (Fsp3) is 0.417. The molecule has 1 saturated heterocycles. The lowest BCUT2D eigenvalue weighted by Gasteiger charge is -2.20. The number of ether oxygens (including phenoxy) is 2. The second-order valence-corrected chi connectivity index (χ2v) is 8.60. The van der Waals surface area contributed by atoms with Crippen LogP contribution in [0.2, 0.25) is 5.02 Å². The van der Waals surface area contributed by atoms with Gasteiger partial charge in [-0.15, -0.1) is 0 Å². The van der Waals surface area contributed by atoms with E-state index in [2.05, 4.69) is 32.1 Å². The quantitative estimate of drug-likeness (QED) is 0.480. The van der Waals surface area contributed by atoms with Crippen molar-refractivity contribution in [1.29, 1.82) is 0 Å². The molecule has 2 aromatic carbocycles. The molecular weight excluding hydrogens is 445 g/mol. The number of aromatic nitrogens is 2. The molecule has 0 atom stereocenters. The predicted molar refractivity (Wildman–Crippen MR) is 129 cm³/mol. The van der Waals surface area contributed by atoms with Gasteiger partial charge in [0.1, 0.15) is 18.0 Å². The molecule has 0 aliphatic carbocycles. The lowest BCUT2D eigenvalue weighted by atomic mass is 10.2. The van der Waals surface area contributed by atoms with Crippen LogP contribution in [0.5, 0.6) is 11.5 Å². The second-order valence-electron chi connectivity index (χ2n) is 8.20. The number of fused-ring (bicyclic) bond motifs is 1. The molecule has 7 nitrogen and oxygen atoms in total. The Balaban J connectivity index is 1.46. The Morgan fingerprint density at radius 2 is 1.97 bits per heavy atom. The summed E-state index contributed by atoms with van der Waals surface area (Å²) in [7, 11) is 3.79. The Hall–Kier alpha value is -2.68.